The number of hydrogen-bond acceptors (Lipinski definition) is 14. The summed E-state index contributed by atoms with van der Waals surface area (Å²) in [6, 6.07) is 1.75. The minimum absolute atomic E-state index is 0.000664. The Morgan fingerprint density at radius 1 is 1.00 bits per heavy atom. The van der Waals surface area contributed by atoms with Crippen LogP contribution in [-0.2, 0) is 32.2 Å². The Bertz CT molecular complexity index is 2350. The first-order valence-electron chi connectivity index (χ1n) is 19.9. The summed E-state index contributed by atoms with van der Waals surface area (Å²) in [4.78, 5) is 46.4. The second kappa shape index (κ2) is 15.6. The van der Waals surface area contributed by atoms with Gasteiger partial charge in [0.15, 0.2) is 11.6 Å². The highest BCUT2D eigenvalue weighted by Gasteiger charge is 2.45. The third-order valence-electron chi connectivity index (χ3n) is 10.7. The van der Waals surface area contributed by atoms with Gasteiger partial charge >= 0.3 is 18.2 Å². The van der Waals surface area contributed by atoms with E-state index in [2.05, 4.69) is 26.2 Å². The predicted molar refractivity (Wildman–Crippen MR) is 216 cm³/mol. The molecule has 4 aliphatic heterocycles. The number of fused-ring (bicyclic) bond motifs is 6. The van der Waals surface area contributed by atoms with Crippen LogP contribution in [0.25, 0.3) is 32.2 Å². The second-order valence-corrected chi connectivity index (χ2v) is 18.4. The molecule has 7 heterocycles. The maximum atomic E-state index is 17.8. The molecule has 4 aromatic rings. The molecule has 2 bridgehead atoms. The van der Waals surface area contributed by atoms with E-state index in [1.807, 2.05) is 27.7 Å². The number of hydrogen-bond donors (Lipinski definition) is 1. The summed E-state index contributed by atoms with van der Waals surface area (Å²) in [5.41, 5.74) is -0.529. The van der Waals surface area contributed by atoms with Gasteiger partial charge in [0, 0.05) is 55.8 Å². The Balaban J connectivity index is 1.28. The van der Waals surface area contributed by atoms with Crippen LogP contribution in [0.2, 0.25) is 0 Å². The smallest absolute Gasteiger partial charge is 0.412 e. The van der Waals surface area contributed by atoms with E-state index >= 15 is 8.78 Å². The number of amides is 2. The molecule has 0 aliphatic carbocycles. The van der Waals surface area contributed by atoms with E-state index in [0.717, 1.165) is 43.5 Å². The lowest BCUT2D eigenvalue weighted by Crippen LogP contribution is -2.56. The van der Waals surface area contributed by atoms with E-state index in [4.69, 9.17) is 33.7 Å². The molecule has 314 valence electrons. The van der Waals surface area contributed by atoms with Crippen molar-refractivity contribution in [1.82, 2.24) is 24.8 Å². The third-order valence-corrected chi connectivity index (χ3v) is 11.8. The van der Waals surface area contributed by atoms with E-state index in [-0.39, 0.29) is 80.9 Å². The molecule has 18 heteroatoms. The van der Waals surface area contributed by atoms with Gasteiger partial charge in [0.05, 0.1) is 54.0 Å². The number of ether oxygens (including phenoxy) is 5. The molecule has 15 nitrogen and oxygen atoms in total. The van der Waals surface area contributed by atoms with Crippen LogP contribution in [0.4, 0.5) is 29.2 Å². The van der Waals surface area contributed by atoms with Crippen molar-refractivity contribution in [2.75, 3.05) is 56.2 Å². The van der Waals surface area contributed by atoms with Crippen LogP contribution in [-0.4, -0.2) is 112 Å². The number of anilines is 2. The van der Waals surface area contributed by atoms with Crippen LogP contribution < -0.4 is 15.0 Å². The summed E-state index contributed by atoms with van der Waals surface area (Å²) in [6.45, 7) is 16.6. The van der Waals surface area contributed by atoms with Gasteiger partial charge in [0.1, 0.15) is 39.7 Å². The Kier molecular flexibility index (Phi) is 10.8. The zero-order valence-electron chi connectivity index (χ0n) is 34.2. The second-order valence-electron chi connectivity index (χ2n) is 17.4. The average Bonchev–Trinajstić information content (AvgIpc) is 3.85. The molecule has 8 rings (SSSR count). The van der Waals surface area contributed by atoms with Crippen LogP contribution in [0.5, 0.6) is 6.01 Å². The molecule has 3 atom stereocenters. The van der Waals surface area contributed by atoms with Crippen LogP contribution in [0.15, 0.2) is 6.20 Å². The Morgan fingerprint density at radius 3 is 2.34 bits per heavy atom. The highest BCUT2D eigenvalue weighted by atomic mass is 32.1. The molecule has 3 saturated heterocycles. The topological polar surface area (TPSA) is 165 Å². The number of nitriles is 1. The molecule has 1 aromatic carbocycles. The van der Waals surface area contributed by atoms with Crippen molar-refractivity contribution in [3.05, 3.63) is 34.5 Å². The summed E-state index contributed by atoms with van der Waals surface area (Å²) in [5.74, 6) is -1.04. The average molecular weight is 835 g/mol. The molecule has 3 fully saturated rings. The van der Waals surface area contributed by atoms with Gasteiger partial charge in [0.2, 0.25) is 0 Å². The maximum Gasteiger partial charge on any atom is 0.412 e. The number of carbonyl (C=O) groups is 2. The number of morpholine rings is 1. The Hall–Kier alpha value is -4.96. The van der Waals surface area contributed by atoms with Gasteiger partial charge in [0.25, 0.3) is 0 Å². The van der Waals surface area contributed by atoms with Gasteiger partial charge in [-0.05, 0) is 72.4 Å². The van der Waals surface area contributed by atoms with E-state index in [1.54, 1.807) is 25.7 Å². The fourth-order valence-corrected chi connectivity index (χ4v) is 9.46. The first kappa shape index (κ1) is 40.8. The van der Waals surface area contributed by atoms with Gasteiger partial charge in [-0.3, -0.25) is 15.2 Å². The molecule has 0 spiro atoms. The van der Waals surface area contributed by atoms with Gasteiger partial charge in [-0.15, -0.1) is 11.3 Å². The number of nitrogens with one attached hydrogen (secondary N) is 1. The largest absolute Gasteiger partial charge is 0.459 e. The van der Waals surface area contributed by atoms with Crippen LogP contribution in [0.3, 0.4) is 0 Å². The minimum Gasteiger partial charge on any atom is -0.459 e. The number of benzene rings is 1. The van der Waals surface area contributed by atoms with Crippen molar-refractivity contribution in [2.45, 2.75) is 104 Å². The monoisotopic (exact) mass is 834 g/mol. The maximum absolute atomic E-state index is 17.8. The van der Waals surface area contributed by atoms with Crippen molar-refractivity contribution in [1.29, 1.82) is 5.26 Å². The number of thiophene rings is 1. The fraction of sp³-hybridized carbons (Fsp3) is 0.561. The van der Waals surface area contributed by atoms with Crippen molar-refractivity contribution >= 4 is 55.3 Å². The van der Waals surface area contributed by atoms with E-state index in [0.29, 0.717) is 55.2 Å². The SMILES string of the molecule is CC(CN1CCOCC1)Oc1nc(N2C3CCC2CN(C(=O)OC(C)(C)C)C3)c2c3c(c(-c4ncc(F)c5sc(NC(=O)OC(C)(C)C)c(C#N)c45)c(F)c2n1)COC3. The Morgan fingerprint density at radius 2 is 1.68 bits per heavy atom. The number of nitrogens with zero attached hydrogens (tertiary/aromatic N) is 7. The molecule has 0 radical (unpaired) electrons. The molecule has 1 N–H and O–H groups in total. The van der Waals surface area contributed by atoms with Crippen molar-refractivity contribution in [3.8, 4) is 23.3 Å². The molecular formula is C41H48F2N8O7S. The van der Waals surface area contributed by atoms with Gasteiger partial charge in [-0.25, -0.2) is 18.4 Å². The highest BCUT2D eigenvalue weighted by Crippen LogP contribution is 2.48. The lowest BCUT2D eigenvalue weighted by molar-refractivity contribution is 0.0200. The van der Waals surface area contributed by atoms with Crippen molar-refractivity contribution < 1.29 is 42.1 Å². The number of pyridine rings is 1. The normalized spacial score (nSPS) is 20.1. The first-order chi connectivity index (χ1) is 28.0. The van der Waals surface area contributed by atoms with Gasteiger partial charge < -0.3 is 33.5 Å². The van der Waals surface area contributed by atoms with Crippen molar-refractivity contribution in [3.63, 3.8) is 0 Å². The first-order valence-corrected chi connectivity index (χ1v) is 20.7. The standard InChI is InChI=1S/C41H48F2N8O7S/c1-21(16-49-10-12-54-13-11-49)56-37-46-33-30(35(47-37)51-22-8-9-23(51)18-50(17-22)39(53)58-41(5,6)7)26-20-55-19-25(26)28(31(33)43)32-29-24(14-44)36(48-38(52)57-40(2,3)4)59-34(29)27(42)15-45-32/h15,21-23H,8-13,16-20H2,1-7H3,(H,48,52). The minimum atomic E-state index is -0.838. The quantitative estimate of drug-likeness (QED) is 0.200. The van der Waals surface area contributed by atoms with E-state index < -0.39 is 28.9 Å². The van der Waals surface area contributed by atoms with Crippen LogP contribution in [0, 0.1) is 23.0 Å². The van der Waals surface area contributed by atoms with Gasteiger partial charge in [-0.2, -0.15) is 15.2 Å². The predicted octanol–water partition coefficient (Wildman–Crippen LogP) is 7.12. The fourth-order valence-electron chi connectivity index (χ4n) is 8.42. The molecule has 3 aromatic heterocycles. The molecule has 4 aliphatic rings. The summed E-state index contributed by atoms with van der Waals surface area (Å²) in [5, 5.41) is 13.5. The molecule has 59 heavy (non-hydrogen) atoms. The number of aromatic nitrogens is 3. The summed E-state index contributed by atoms with van der Waals surface area (Å²) in [6.07, 6.45) is 0.919. The number of piperazine rings is 1. The van der Waals surface area contributed by atoms with Gasteiger partial charge in [-0.1, -0.05) is 0 Å². The summed E-state index contributed by atoms with van der Waals surface area (Å²) < 4.78 is 62.5. The summed E-state index contributed by atoms with van der Waals surface area (Å²) >= 11 is 0.834. The molecule has 2 amide bonds. The van der Waals surface area contributed by atoms with E-state index in [1.165, 1.54) is 0 Å². The Labute approximate surface area is 344 Å². The molecular weight excluding hydrogens is 787 g/mol. The zero-order valence-corrected chi connectivity index (χ0v) is 35.1. The number of halogens is 2. The molecule has 0 saturated carbocycles. The number of carbonyl (C=O) groups excluding carboxylic acids is 2. The van der Waals surface area contributed by atoms with E-state index in [9.17, 15) is 14.9 Å². The van der Waals surface area contributed by atoms with Crippen molar-refractivity contribution in [2.24, 2.45) is 0 Å². The van der Waals surface area contributed by atoms with Crippen LogP contribution >= 0.6 is 11.3 Å². The third kappa shape index (κ3) is 8.05. The number of likely N-dealkylation sites (tertiary alicyclic amines) is 1. The van der Waals surface area contributed by atoms with Crippen LogP contribution in [0.1, 0.15) is 78.0 Å². The molecule has 3 unspecified atom stereocenters. The zero-order chi connectivity index (χ0) is 42.0. The lowest BCUT2D eigenvalue weighted by Gasteiger charge is -2.42. The highest BCUT2D eigenvalue weighted by molar-refractivity contribution is 7.23. The number of rotatable bonds is 7. The lowest BCUT2D eigenvalue weighted by atomic mass is 9.93. The summed E-state index contributed by atoms with van der Waals surface area (Å²) in [7, 11) is 0.